The van der Waals surface area contributed by atoms with Gasteiger partial charge in [0, 0.05) is 0 Å². The zero-order chi connectivity index (χ0) is 12.4. The summed E-state index contributed by atoms with van der Waals surface area (Å²) in [7, 11) is 0. The van der Waals surface area contributed by atoms with Crippen LogP contribution in [0.5, 0.6) is 0 Å². The fraction of sp³-hybridized carbons (Fsp3) is 0.600. The lowest BCUT2D eigenvalue weighted by Gasteiger charge is -2.33. The molecule has 1 rings (SSSR count). The third kappa shape index (κ3) is 3.08. The predicted octanol–water partition coefficient (Wildman–Crippen LogP) is 3.81. The largest absolute Gasteiger partial charge is 0.382 e. The van der Waals surface area contributed by atoms with Gasteiger partial charge < -0.3 is 5.11 Å². The number of aliphatic hydroxyl groups is 1. The molecule has 0 saturated heterocycles. The Kier molecular flexibility index (Phi) is 3.80. The van der Waals surface area contributed by atoms with Gasteiger partial charge in [0.25, 0.3) is 0 Å². The Morgan fingerprint density at radius 3 is 2.56 bits per heavy atom. The number of rotatable bonds is 3. The summed E-state index contributed by atoms with van der Waals surface area (Å²) in [6, 6.07) is 0. The van der Waals surface area contributed by atoms with E-state index in [1.54, 1.807) is 13.0 Å². The van der Waals surface area contributed by atoms with E-state index in [1.165, 1.54) is 30.1 Å². The van der Waals surface area contributed by atoms with E-state index >= 15 is 0 Å². The number of hydrogen-bond donors (Lipinski definition) is 1. The van der Waals surface area contributed by atoms with Crippen LogP contribution >= 0.6 is 0 Å². The van der Waals surface area contributed by atoms with Crippen LogP contribution < -0.4 is 0 Å². The molecule has 1 unspecified atom stereocenters. The van der Waals surface area contributed by atoms with E-state index in [4.69, 9.17) is 6.58 Å². The molecule has 89 valence electrons. The fourth-order valence-electron chi connectivity index (χ4n) is 2.32. The zero-order valence-electron chi connectivity index (χ0n) is 10.9. The van der Waals surface area contributed by atoms with Crippen LogP contribution in [0.3, 0.4) is 0 Å². The molecule has 0 aromatic carbocycles. The molecular weight excluding hydrogens is 196 g/mol. The summed E-state index contributed by atoms with van der Waals surface area (Å²) < 4.78 is 0. The number of hydrogen-bond acceptors (Lipinski definition) is 1. The highest BCUT2D eigenvalue weighted by Gasteiger charge is 2.27. The van der Waals surface area contributed by atoms with Crippen molar-refractivity contribution >= 4 is 0 Å². The van der Waals surface area contributed by atoms with Crippen molar-refractivity contribution in [2.75, 3.05) is 0 Å². The van der Waals surface area contributed by atoms with Crippen LogP contribution in [0.4, 0.5) is 0 Å². The minimum Gasteiger partial charge on any atom is -0.382 e. The molecule has 0 aromatic rings. The van der Waals surface area contributed by atoms with Crippen molar-refractivity contribution in [3.63, 3.8) is 0 Å². The lowest BCUT2D eigenvalue weighted by atomic mass is 9.72. The molecule has 0 amide bonds. The topological polar surface area (TPSA) is 20.2 Å². The maximum atomic E-state index is 9.82. The van der Waals surface area contributed by atoms with Gasteiger partial charge in [0.1, 0.15) is 0 Å². The Balaban J connectivity index is 2.98. The van der Waals surface area contributed by atoms with Gasteiger partial charge in [0.15, 0.2) is 0 Å². The molecule has 1 radical (unpaired) electrons. The van der Waals surface area contributed by atoms with Crippen LogP contribution in [0.1, 0.15) is 47.0 Å². The van der Waals surface area contributed by atoms with Crippen molar-refractivity contribution in [2.45, 2.75) is 52.6 Å². The van der Waals surface area contributed by atoms with Crippen molar-refractivity contribution in [3.05, 3.63) is 36.0 Å². The summed E-state index contributed by atoms with van der Waals surface area (Å²) in [5.74, 6) is 0. The fourth-order valence-corrected chi connectivity index (χ4v) is 2.32. The van der Waals surface area contributed by atoms with Crippen LogP contribution in [-0.2, 0) is 0 Å². The van der Waals surface area contributed by atoms with Crippen molar-refractivity contribution in [2.24, 2.45) is 5.41 Å². The van der Waals surface area contributed by atoms with Crippen molar-refractivity contribution in [1.82, 2.24) is 0 Å². The summed E-state index contributed by atoms with van der Waals surface area (Å²) in [6.45, 7) is 13.8. The van der Waals surface area contributed by atoms with Crippen LogP contribution in [-0.4, -0.2) is 10.7 Å². The normalized spacial score (nSPS) is 24.6. The highest BCUT2D eigenvalue weighted by molar-refractivity contribution is 5.34. The first-order valence-corrected chi connectivity index (χ1v) is 5.96. The second-order valence-corrected chi connectivity index (χ2v) is 5.66. The van der Waals surface area contributed by atoms with Crippen LogP contribution in [0.2, 0.25) is 0 Å². The molecule has 1 N–H and O–H groups in total. The monoisotopic (exact) mass is 219 g/mol. The first-order valence-electron chi connectivity index (χ1n) is 5.96. The van der Waals surface area contributed by atoms with E-state index < -0.39 is 5.60 Å². The van der Waals surface area contributed by atoms with Crippen molar-refractivity contribution < 1.29 is 5.11 Å². The summed E-state index contributed by atoms with van der Waals surface area (Å²) in [4.78, 5) is 0. The van der Waals surface area contributed by atoms with E-state index in [0.717, 1.165) is 6.42 Å². The van der Waals surface area contributed by atoms with Gasteiger partial charge in [-0.3, -0.25) is 0 Å². The molecule has 1 atom stereocenters. The highest BCUT2D eigenvalue weighted by Crippen LogP contribution is 2.40. The van der Waals surface area contributed by atoms with Crippen molar-refractivity contribution in [1.29, 1.82) is 0 Å². The minimum atomic E-state index is -1.01. The molecule has 1 nitrogen and oxygen atoms in total. The quantitative estimate of drug-likeness (QED) is 0.765. The maximum Gasteiger partial charge on any atom is 0.0986 e. The second kappa shape index (κ2) is 4.58. The molecule has 0 bridgehead atoms. The zero-order valence-corrected chi connectivity index (χ0v) is 10.9. The van der Waals surface area contributed by atoms with E-state index in [2.05, 4.69) is 20.8 Å². The Bertz CT molecular complexity index is 329. The smallest absolute Gasteiger partial charge is 0.0986 e. The van der Waals surface area contributed by atoms with Crippen LogP contribution in [0.25, 0.3) is 0 Å². The summed E-state index contributed by atoms with van der Waals surface area (Å²) in [5, 5.41) is 9.82. The lowest BCUT2D eigenvalue weighted by molar-refractivity contribution is 0.164. The average Bonchev–Trinajstić information content (AvgIpc) is 2.16. The van der Waals surface area contributed by atoms with Crippen LogP contribution in [0, 0.1) is 12.0 Å². The van der Waals surface area contributed by atoms with Gasteiger partial charge in [-0.1, -0.05) is 32.1 Å². The second-order valence-electron chi connectivity index (χ2n) is 5.66. The Morgan fingerprint density at radius 1 is 1.44 bits per heavy atom. The number of allylic oxidation sites excluding steroid dienone is 3. The Labute approximate surface area is 99.6 Å². The maximum absolute atomic E-state index is 9.82. The molecule has 0 fully saturated rings. The summed E-state index contributed by atoms with van der Waals surface area (Å²) in [5.41, 5.74) is 1.98. The summed E-state index contributed by atoms with van der Waals surface area (Å²) in [6.07, 6.45) is 8.76. The molecule has 16 heavy (non-hydrogen) atoms. The van der Waals surface area contributed by atoms with E-state index in [0.29, 0.717) is 0 Å². The highest BCUT2D eigenvalue weighted by atomic mass is 16.3. The van der Waals surface area contributed by atoms with Gasteiger partial charge in [-0.05, 0) is 56.3 Å². The van der Waals surface area contributed by atoms with Gasteiger partial charge in [0.2, 0.25) is 0 Å². The first-order chi connectivity index (χ1) is 7.28. The van der Waals surface area contributed by atoms with E-state index in [1.807, 2.05) is 6.08 Å². The van der Waals surface area contributed by atoms with Gasteiger partial charge in [-0.25, -0.2) is 0 Å². The molecule has 0 aromatic heterocycles. The third-order valence-corrected chi connectivity index (χ3v) is 3.47. The van der Waals surface area contributed by atoms with Gasteiger partial charge in [-0.2, -0.15) is 0 Å². The third-order valence-electron chi connectivity index (χ3n) is 3.47. The SMILES string of the molecule is [CH]=CC(C)(O)C=CC1=C(C)CCCC1(C)C. The van der Waals surface area contributed by atoms with E-state index in [-0.39, 0.29) is 5.41 Å². The average molecular weight is 219 g/mol. The lowest BCUT2D eigenvalue weighted by Crippen LogP contribution is -2.21. The van der Waals surface area contributed by atoms with Crippen LogP contribution in [0.15, 0.2) is 29.4 Å². The van der Waals surface area contributed by atoms with Gasteiger partial charge in [0.05, 0.1) is 5.60 Å². The molecule has 1 aliphatic rings. The molecule has 1 heteroatoms. The molecule has 0 spiro atoms. The van der Waals surface area contributed by atoms with E-state index in [9.17, 15) is 5.11 Å². The minimum absolute atomic E-state index is 0.212. The molecule has 1 aliphatic carbocycles. The molecular formula is C15H23O. The molecule has 0 saturated carbocycles. The Morgan fingerprint density at radius 2 is 2.06 bits per heavy atom. The predicted molar refractivity (Wildman–Crippen MR) is 69.0 cm³/mol. The van der Waals surface area contributed by atoms with Crippen molar-refractivity contribution in [3.8, 4) is 0 Å². The summed E-state index contributed by atoms with van der Waals surface area (Å²) >= 11 is 0. The molecule has 0 aliphatic heterocycles. The molecule has 0 heterocycles. The van der Waals surface area contributed by atoms with Gasteiger partial charge in [-0.15, -0.1) is 0 Å². The van der Waals surface area contributed by atoms with Gasteiger partial charge >= 0.3 is 0 Å². The first kappa shape index (κ1) is 13.2. The standard InChI is InChI=1S/C15H23O/c1-6-15(5,16)11-9-13-12(2)8-7-10-14(13,3)4/h1,6,9,11,16H,7-8,10H2,2-5H3. The Hall–Kier alpha value is -0.820.